The van der Waals surface area contributed by atoms with Crippen LogP contribution in [0.25, 0.3) is 11.4 Å². The van der Waals surface area contributed by atoms with E-state index in [9.17, 15) is 4.79 Å². The van der Waals surface area contributed by atoms with Crippen LogP contribution in [0.2, 0.25) is 0 Å². The highest BCUT2D eigenvalue weighted by Gasteiger charge is 2.28. The van der Waals surface area contributed by atoms with Crippen molar-refractivity contribution in [1.82, 2.24) is 20.1 Å². The Bertz CT molecular complexity index is 696. The van der Waals surface area contributed by atoms with Crippen LogP contribution in [0.1, 0.15) is 46.1 Å². The van der Waals surface area contributed by atoms with Gasteiger partial charge in [-0.2, -0.15) is 0 Å². The minimum atomic E-state index is -0.179. The standard InChI is InChI=1S/C18H24N4OS/c1-4-12(2)22-16(14-8-6-5-7-9-14)20-21-18(22)24-13(3)17(23)19-15-10-11-15/h5-9,12-13,15H,4,10-11H2,1-3H3,(H,19,23)/t12-,13+/m0/s1. The van der Waals surface area contributed by atoms with Crippen LogP contribution < -0.4 is 5.32 Å². The van der Waals surface area contributed by atoms with Crippen LogP contribution in [0, 0.1) is 0 Å². The highest BCUT2D eigenvalue weighted by Crippen LogP contribution is 2.31. The minimum Gasteiger partial charge on any atom is -0.352 e. The molecule has 1 heterocycles. The van der Waals surface area contributed by atoms with Gasteiger partial charge in [0.25, 0.3) is 0 Å². The molecular weight excluding hydrogens is 320 g/mol. The normalized spacial score (nSPS) is 16.6. The second-order valence-corrected chi connectivity index (χ2v) is 7.65. The molecule has 6 heteroatoms. The Kier molecular flexibility index (Phi) is 5.23. The van der Waals surface area contributed by atoms with Crippen molar-refractivity contribution in [3.63, 3.8) is 0 Å². The molecular formula is C18H24N4OS. The van der Waals surface area contributed by atoms with Crippen LogP contribution >= 0.6 is 11.8 Å². The molecule has 2 atom stereocenters. The molecule has 24 heavy (non-hydrogen) atoms. The van der Waals surface area contributed by atoms with E-state index in [2.05, 4.69) is 33.9 Å². The van der Waals surface area contributed by atoms with Gasteiger partial charge in [-0.25, -0.2) is 0 Å². The van der Waals surface area contributed by atoms with Gasteiger partial charge in [0.05, 0.1) is 5.25 Å². The van der Waals surface area contributed by atoms with E-state index in [0.717, 1.165) is 35.8 Å². The zero-order chi connectivity index (χ0) is 17.1. The van der Waals surface area contributed by atoms with E-state index >= 15 is 0 Å². The number of hydrogen-bond donors (Lipinski definition) is 1. The number of nitrogens with one attached hydrogen (secondary N) is 1. The van der Waals surface area contributed by atoms with Crippen molar-refractivity contribution in [1.29, 1.82) is 0 Å². The summed E-state index contributed by atoms with van der Waals surface area (Å²) in [5.74, 6) is 0.949. The van der Waals surface area contributed by atoms with E-state index in [-0.39, 0.29) is 17.2 Å². The maximum Gasteiger partial charge on any atom is 0.233 e. The van der Waals surface area contributed by atoms with Gasteiger partial charge >= 0.3 is 0 Å². The summed E-state index contributed by atoms with van der Waals surface area (Å²) < 4.78 is 2.15. The van der Waals surface area contributed by atoms with Gasteiger partial charge in [-0.15, -0.1) is 10.2 Å². The molecule has 0 saturated heterocycles. The average Bonchev–Trinajstić information content (AvgIpc) is 3.32. The van der Waals surface area contributed by atoms with Gasteiger partial charge in [-0.3, -0.25) is 9.36 Å². The Labute approximate surface area is 147 Å². The summed E-state index contributed by atoms with van der Waals surface area (Å²) >= 11 is 1.48. The number of rotatable bonds is 7. The monoisotopic (exact) mass is 344 g/mol. The van der Waals surface area contributed by atoms with Crippen LogP contribution in [-0.2, 0) is 4.79 Å². The third kappa shape index (κ3) is 3.80. The first-order valence-corrected chi connectivity index (χ1v) is 9.45. The van der Waals surface area contributed by atoms with Crippen molar-refractivity contribution in [2.24, 2.45) is 0 Å². The highest BCUT2D eigenvalue weighted by atomic mass is 32.2. The largest absolute Gasteiger partial charge is 0.352 e. The number of benzene rings is 1. The maximum atomic E-state index is 12.2. The molecule has 0 aliphatic heterocycles. The van der Waals surface area contributed by atoms with Crippen molar-refractivity contribution in [3.8, 4) is 11.4 Å². The highest BCUT2D eigenvalue weighted by molar-refractivity contribution is 8.00. The zero-order valence-electron chi connectivity index (χ0n) is 14.4. The molecule has 0 spiro atoms. The van der Waals surface area contributed by atoms with E-state index in [0.29, 0.717) is 6.04 Å². The van der Waals surface area contributed by atoms with Crippen molar-refractivity contribution in [2.45, 2.75) is 62.5 Å². The molecule has 3 rings (SSSR count). The predicted molar refractivity (Wildman–Crippen MR) is 96.9 cm³/mol. The number of carbonyl (C=O) groups excluding carboxylic acids is 1. The van der Waals surface area contributed by atoms with Crippen LogP contribution in [-0.4, -0.2) is 32.0 Å². The molecule has 0 unspecified atom stereocenters. The number of nitrogens with zero attached hydrogens (tertiary/aromatic N) is 3. The summed E-state index contributed by atoms with van der Waals surface area (Å²) in [6.07, 6.45) is 3.18. The Morgan fingerprint density at radius 1 is 1.29 bits per heavy atom. The van der Waals surface area contributed by atoms with Gasteiger partial charge in [0.1, 0.15) is 0 Å². The summed E-state index contributed by atoms with van der Waals surface area (Å²) in [5.41, 5.74) is 1.05. The van der Waals surface area contributed by atoms with Crippen molar-refractivity contribution in [2.75, 3.05) is 0 Å². The summed E-state index contributed by atoms with van der Waals surface area (Å²) in [5, 5.41) is 12.5. The van der Waals surface area contributed by atoms with Crippen molar-refractivity contribution < 1.29 is 4.79 Å². The van der Waals surface area contributed by atoms with Crippen LogP contribution in [0.3, 0.4) is 0 Å². The quantitative estimate of drug-likeness (QED) is 0.779. The number of aromatic nitrogens is 3. The molecule has 1 N–H and O–H groups in total. The molecule has 1 aromatic carbocycles. The molecule has 1 saturated carbocycles. The molecule has 0 bridgehead atoms. The summed E-state index contributed by atoms with van der Waals surface area (Å²) in [6, 6.07) is 10.7. The molecule has 1 aliphatic carbocycles. The van der Waals surface area contributed by atoms with Crippen LogP contribution in [0.15, 0.2) is 35.5 Å². The molecule has 1 fully saturated rings. The third-order valence-electron chi connectivity index (χ3n) is 4.30. The molecule has 0 radical (unpaired) electrons. The molecule has 1 aromatic heterocycles. The van der Waals surface area contributed by atoms with Gasteiger partial charge in [0, 0.05) is 17.6 Å². The molecule has 128 valence electrons. The van der Waals surface area contributed by atoms with Crippen molar-refractivity contribution >= 4 is 17.7 Å². The van der Waals surface area contributed by atoms with E-state index < -0.39 is 0 Å². The van der Waals surface area contributed by atoms with Gasteiger partial charge in [-0.1, -0.05) is 49.0 Å². The van der Waals surface area contributed by atoms with E-state index in [4.69, 9.17) is 0 Å². The Morgan fingerprint density at radius 2 is 2.00 bits per heavy atom. The minimum absolute atomic E-state index is 0.0856. The van der Waals surface area contributed by atoms with E-state index in [1.165, 1.54) is 11.8 Å². The first-order chi connectivity index (χ1) is 11.6. The number of hydrogen-bond acceptors (Lipinski definition) is 4. The zero-order valence-corrected chi connectivity index (χ0v) is 15.2. The fourth-order valence-corrected chi connectivity index (χ4v) is 3.44. The lowest BCUT2D eigenvalue weighted by Gasteiger charge is -2.18. The van der Waals surface area contributed by atoms with E-state index in [1.54, 1.807) is 0 Å². The predicted octanol–water partition coefficient (Wildman–Crippen LogP) is 3.68. The maximum absolute atomic E-state index is 12.2. The SMILES string of the molecule is CC[C@H](C)n1c(S[C@H](C)C(=O)NC2CC2)nnc1-c1ccccc1. The lowest BCUT2D eigenvalue weighted by Crippen LogP contribution is -2.32. The molecule has 1 aliphatic rings. The fraction of sp³-hybridized carbons (Fsp3) is 0.500. The second kappa shape index (κ2) is 7.38. The number of amides is 1. The first-order valence-electron chi connectivity index (χ1n) is 8.57. The third-order valence-corrected chi connectivity index (χ3v) is 5.36. The van der Waals surface area contributed by atoms with Gasteiger partial charge in [0.15, 0.2) is 11.0 Å². The Balaban J connectivity index is 1.84. The lowest BCUT2D eigenvalue weighted by atomic mass is 10.2. The van der Waals surface area contributed by atoms with Gasteiger partial charge in [0.2, 0.25) is 5.91 Å². The van der Waals surface area contributed by atoms with Crippen LogP contribution in [0.4, 0.5) is 0 Å². The summed E-state index contributed by atoms with van der Waals surface area (Å²) in [7, 11) is 0. The number of thioether (sulfide) groups is 1. The Hall–Kier alpha value is -1.82. The first kappa shape index (κ1) is 17.0. The average molecular weight is 344 g/mol. The number of carbonyl (C=O) groups is 1. The topological polar surface area (TPSA) is 59.8 Å². The Morgan fingerprint density at radius 3 is 2.62 bits per heavy atom. The molecule has 2 aromatic rings. The lowest BCUT2D eigenvalue weighted by molar-refractivity contribution is -0.120. The smallest absolute Gasteiger partial charge is 0.233 e. The van der Waals surface area contributed by atoms with Crippen molar-refractivity contribution in [3.05, 3.63) is 30.3 Å². The fourth-order valence-electron chi connectivity index (χ4n) is 2.48. The molecule has 1 amide bonds. The summed E-state index contributed by atoms with van der Waals surface area (Å²) in [6.45, 7) is 6.24. The van der Waals surface area contributed by atoms with Gasteiger partial charge < -0.3 is 5.32 Å². The van der Waals surface area contributed by atoms with Crippen LogP contribution in [0.5, 0.6) is 0 Å². The second-order valence-electron chi connectivity index (χ2n) is 6.34. The molecule has 5 nitrogen and oxygen atoms in total. The summed E-state index contributed by atoms with van der Waals surface area (Å²) in [4.78, 5) is 12.2. The van der Waals surface area contributed by atoms with Gasteiger partial charge in [-0.05, 0) is 33.1 Å². The van der Waals surface area contributed by atoms with E-state index in [1.807, 2.05) is 37.3 Å².